The Labute approximate surface area is 691 Å². The van der Waals surface area contributed by atoms with Gasteiger partial charge in [0.2, 0.25) is 0 Å². The molecule has 0 unspecified atom stereocenters. The standard InChI is InChI=1S/2C32H34N4O6S4.C16H18N2O3S2/c2*1-17-19(9-11-23-25(17)31(3,4)15-45(23,39)40)27(21-13-33-35(7)29(21)37)43-44-28(22-14-34-36(8)30(22)38)20-10-12-24-26(18(20)2)32(5,6)16-46(24,41)42;1-9-10(14(22)11-7-17-18(4)15(11)19)5-6-12-13(9)16(2,3)8-23(12,20)21/h2*9-14H,15-16H2,1-8H3;5-7,17H,8H2,1-4H3/b27-21-,28-22+;27-21-,28-22-;. The van der Waals surface area contributed by atoms with Crippen LogP contribution in [0.1, 0.15) is 158 Å². The van der Waals surface area contributed by atoms with Gasteiger partial charge >= 0.3 is 0 Å². The average molecular weight is 1750 g/mol. The molecule has 6 aromatic rings. The second kappa shape index (κ2) is 28.9. The van der Waals surface area contributed by atoms with Crippen LogP contribution in [0.5, 0.6) is 0 Å². The highest BCUT2D eigenvalue weighted by molar-refractivity contribution is 8.83. The van der Waals surface area contributed by atoms with Gasteiger partial charge in [0.15, 0.2) is 49.2 Å². The Bertz CT molecular complexity index is 5820. The van der Waals surface area contributed by atoms with Crippen LogP contribution in [0.3, 0.4) is 0 Å². The van der Waals surface area contributed by atoms with Gasteiger partial charge in [-0.1, -0.05) is 155 Å². The van der Waals surface area contributed by atoms with Gasteiger partial charge in [-0.15, -0.1) is 0 Å². The molecule has 1 aromatic heterocycles. The maximum Gasteiger partial charge on any atom is 0.276 e. The molecule has 1 N–H and O–H groups in total. The third-order valence-corrected chi connectivity index (χ3v) is 38.4. The molecule has 15 rings (SSSR count). The highest BCUT2D eigenvalue weighted by Gasteiger charge is 2.49. The van der Waals surface area contributed by atoms with Crippen molar-refractivity contribution in [1.29, 1.82) is 0 Å². The van der Waals surface area contributed by atoms with E-state index in [1.165, 1.54) is 92.8 Å². The summed E-state index contributed by atoms with van der Waals surface area (Å²) in [5.74, 6) is -1.21. The van der Waals surface area contributed by atoms with Crippen LogP contribution in [-0.2, 0) is 102 Å². The molecular weight excluding hydrogens is 1660 g/mol. The van der Waals surface area contributed by atoms with Gasteiger partial charge in [-0.25, -0.2) is 62.1 Å². The number of aromatic amines is 1. The highest BCUT2D eigenvalue weighted by atomic mass is 33.1. The Hall–Kier alpha value is -8.13. The smallest absolute Gasteiger partial charge is 0.276 e. The lowest BCUT2D eigenvalue weighted by Crippen LogP contribution is -2.22. The van der Waals surface area contributed by atoms with Crippen molar-refractivity contribution in [3.63, 3.8) is 0 Å². The summed E-state index contributed by atoms with van der Waals surface area (Å²) in [7, 11) is -4.16. The predicted octanol–water partition coefficient (Wildman–Crippen LogP) is 11.6. The lowest BCUT2D eigenvalue weighted by atomic mass is 9.82. The van der Waals surface area contributed by atoms with E-state index in [9.17, 15) is 66.1 Å². The molecule has 0 bridgehead atoms. The van der Waals surface area contributed by atoms with E-state index in [-0.39, 0.29) is 58.0 Å². The lowest BCUT2D eigenvalue weighted by molar-refractivity contribution is -0.125. The molecular formula is C80H86N10O15S10. The second-order valence-electron chi connectivity index (χ2n) is 33.2. The Morgan fingerprint density at radius 1 is 0.339 bits per heavy atom. The minimum absolute atomic E-state index is 0.00850. The van der Waals surface area contributed by atoms with E-state index in [1.54, 1.807) is 102 Å². The zero-order valence-corrected chi connectivity index (χ0v) is 75.1. The summed E-state index contributed by atoms with van der Waals surface area (Å²) >= 11 is 5.50. The monoisotopic (exact) mass is 1750 g/mol. The summed E-state index contributed by atoms with van der Waals surface area (Å²) in [6.07, 6.45) is 7.57. The molecule has 35 heteroatoms. The van der Waals surface area contributed by atoms with Crippen molar-refractivity contribution in [3.8, 4) is 0 Å². The zero-order chi connectivity index (χ0) is 84.6. The van der Waals surface area contributed by atoms with E-state index in [2.05, 4.69) is 25.5 Å². The predicted molar refractivity (Wildman–Crippen MR) is 461 cm³/mol. The number of rotatable bonds is 12. The van der Waals surface area contributed by atoms with Crippen molar-refractivity contribution in [3.05, 3.63) is 189 Å². The summed E-state index contributed by atoms with van der Waals surface area (Å²) in [5.41, 5.74) is 9.64. The normalized spacial score (nSPS) is 22.6. The van der Waals surface area contributed by atoms with E-state index in [4.69, 9.17) is 12.2 Å². The van der Waals surface area contributed by atoms with Crippen LogP contribution in [0.2, 0.25) is 0 Å². The molecule has 5 aromatic carbocycles. The van der Waals surface area contributed by atoms with Crippen molar-refractivity contribution in [2.75, 3.05) is 57.0 Å². The number of fused-ring (bicyclic) bond motifs is 5. The molecule has 115 heavy (non-hydrogen) atoms. The Balaban J connectivity index is 0.000000159. The van der Waals surface area contributed by atoms with Crippen molar-refractivity contribution in [2.24, 2.45) is 27.5 Å². The number of H-pyrrole nitrogens is 1. The first-order valence-corrected chi connectivity index (χ1v) is 49.2. The fraction of sp³-hybridized carbons (Fsp3) is 0.375. The number of aryl methyl sites for hydroxylation is 1. The van der Waals surface area contributed by atoms with Gasteiger partial charge in [-0.3, -0.25) is 28.7 Å². The number of carbonyl (C=O) groups excluding carboxylic acids is 4. The molecule has 606 valence electrons. The molecule has 9 aliphatic heterocycles. The van der Waals surface area contributed by atoms with Crippen molar-refractivity contribution in [1.82, 2.24) is 29.8 Å². The van der Waals surface area contributed by atoms with Crippen molar-refractivity contribution >= 4 is 178 Å². The number of carbonyl (C=O) groups is 4. The highest BCUT2D eigenvalue weighted by Crippen LogP contribution is 2.57. The molecule has 0 radical (unpaired) electrons. The molecule has 0 atom stereocenters. The first kappa shape index (κ1) is 84.8. The van der Waals surface area contributed by atoms with Gasteiger partial charge in [0.1, 0.15) is 0 Å². The molecule has 0 aliphatic carbocycles. The Kier molecular flexibility index (Phi) is 21.3. The number of likely N-dealkylation sites (N-methyl/N-ethyl adjacent to an activating group) is 4. The summed E-state index contributed by atoms with van der Waals surface area (Å²) in [5, 5.41) is 24.6. The maximum atomic E-state index is 13.3. The van der Waals surface area contributed by atoms with Gasteiger partial charge < -0.3 is 5.10 Å². The van der Waals surface area contributed by atoms with Crippen LogP contribution in [0.25, 0.3) is 19.6 Å². The number of hydrogen-bond donors (Lipinski definition) is 1. The van der Waals surface area contributed by atoms with Crippen LogP contribution in [0.15, 0.2) is 139 Å². The first-order valence-electron chi connectivity index (χ1n) is 36.2. The number of nitrogens with one attached hydrogen (secondary N) is 1. The Morgan fingerprint density at radius 2 is 0.539 bits per heavy atom. The fourth-order valence-corrected chi connectivity index (χ4v) is 34.8. The summed E-state index contributed by atoms with van der Waals surface area (Å²) in [4.78, 5) is 69.8. The summed E-state index contributed by atoms with van der Waals surface area (Å²) in [6.45, 7) is 28.4. The van der Waals surface area contributed by atoms with E-state index in [0.717, 1.165) is 61.2 Å². The van der Waals surface area contributed by atoms with Crippen LogP contribution in [-0.4, -0.2) is 182 Å². The van der Waals surface area contributed by atoms with Crippen LogP contribution >= 0.6 is 55.4 Å². The van der Waals surface area contributed by atoms with Gasteiger partial charge in [-0.2, -0.15) is 20.4 Å². The number of thiocarbonyl (C=S) groups is 1. The number of benzene rings is 5. The van der Waals surface area contributed by atoms with Crippen LogP contribution < -0.4 is 5.56 Å². The van der Waals surface area contributed by atoms with Crippen LogP contribution in [0.4, 0.5) is 0 Å². The molecule has 25 nitrogen and oxygen atoms in total. The van der Waals surface area contributed by atoms with E-state index in [0.29, 0.717) is 99.1 Å². The quantitative estimate of drug-likeness (QED) is 0.0515. The SMILES string of the molecule is Cc1c(/C(SS/C(=C2/C=NN(C)C2=O)c2ccc3c(c2C)C(C)(C)CS3(=O)=O)=C2\C=NN(C)C2=O)ccc2c1C(C)(C)CS2(=O)=O.Cc1c(/C(SS/C(=C2\C=NN(C)C2=O)c2ccc3c(c2C)C(C)(C)CS3(=O)=O)=C2\C=NN(C)C2=O)ccc2c1C(C)(C)CS2(=O)=O.Cc1c(C(=S)c2c[nH]n(C)c2=O)ccc2c1C(C)(C)CS2(=O)=O. The molecule has 0 fully saturated rings. The number of nitrogens with zero attached hydrogens (tertiary/aromatic N) is 9. The number of aromatic nitrogens is 2. The zero-order valence-electron chi connectivity index (χ0n) is 66.9. The average Bonchev–Trinajstić information content (AvgIpc) is 1.60. The molecule has 0 spiro atoms. The topological polar surface area (TPSA) is 339 Å². The third kappa shape index (κ3) is 14.4. The lowest BCUT2D eigenvalue weighted by Gasteiger charge is -2.23. The number of hydrogen-bond acceptors (Lipinski definition) is 24. The Morgan fingerprint density at radius 3 is 0.722 bits per heavy atom. The van der Waals surface area contributed by atoms with Gasteiger partial charge in [0.05, 0.1) is 111 Å². The number of amides is 4. The third-order valence-electron chi connectivity index (χ3n) is 22.3. The van der Waals surface area contributed by atoms with Gasteiger partial charge in [0.25, 0.3) is 29.2 Å². The van der Waals surface area contributed by atoms with Crippen molar-refractivity contribution < 1.29 is 61.3 Å². The number of hydrazone groups is 4. The summed E-state index contributed by atoms with van der Waals surface area (Å²) < 4.78 is 130. The molecule has 0 saturated carbocycles. The van der Waals surface area contributed by atoms with Crippen molar-refractivity contribution in [2.45, 2.75) is 155 Å². The van der Waals surface area contributed by atoms with Gasteiger partial charge in [0, 0.05) is 88.1 Å². The molecule has 4 amide bonds. The minimum atomic E-state index is -3.47. The summed E-state index contributed by atoms with van der Waals surface area (Å²) in [6, 6.07) is 16.7. The molecule has 10 heterocycles. The molecule has 9 aliphatic rings. The minimum Gasteiger partial charge on any atom is -0.302 e. The maximum absolute atomic E-state index is 13.3. The first-order chi connectivity index (χ1) is 53.1. The second-order valence-corrected chi connectivity index (χ2v) is 47.7. The molecule has 0 saturated heterocycles. The largest absolute Gasteiger partial charge is 0.302 e. The van der Waals surface area contributed by atoms with E-state index < -0.39 is 76.3 Å². The fourth-order valence-electron chi connectivity index (χ4n) is 17.5. The van der Waals surface area contributed by atoms with E-state index in [1.807, 2.05) is 104 Å². The van der Waals surface area contributed by atoms with E-state index >= 15 is 0 Å². The van der Waals surface area contributed by atoms with Gasteiger partial charge in [-0.05, 0) is 148 Å². The number of sulfone groups is 5. The van der Waals surface area contributed by atoms with Crippen LogP contribution in [0, 0.1) is 34.6 Å².